The minimum atomic E-state index is -0.445. The second-order valence-corrected chi connectivity index (χ2v) is 10.1. The zero-order valence-electron chi connectivity index (χ0n) is 20.8. The largest absolute Gasteiger partial charge is 0.503 e. The van der Waals surface area contributed by atoms with Crippen LogP contribution in [-0.2, 0) is 13.1 Å². The van der Waals surface area contributed by atoms with Gasteiger partial charge in [0.15, 0.2) is 5.75 Å². The zero-order chi connectivity index (χ0) is 26.7. The number of aromatic hydroxyl groups is 2. The Hall–Kier alpha value is -3.20. The standard InChI is InChI=1S/C27H30Cl2N4O4/c1-18-3-6-20(7-4-18)25(35)32-12-9-31(10-13-32)11-14-33-17-21(24(34)27(33)37)26(36)30(2)16-19-5-8-22(28)23(29)15-19/h3-8,15,17,34,37H,9-14,16H2,1-2H3. The SMILES string of the molecule is Cc1ccc(C(=O)N2CCN(CCn3cc(C(=O)N(C)Cc4ccc(Cl)c(Cl)c4)c(O)c3O)CC2)cc1. The Morgan fingerprint density at radius 3 is 2.27 bits per heavy atom. The average molecular weight is 545 g/mol. The third kappa shape index (κ3) is 6.21. The predicted molar refractivity (Wildman–Crippen MR) is 144 cm³/mol. The monoisotopic (exact) mass is 544 g/mol. The van der Waals surface area contributed by atoms with Crippen molar-refractivity contribution in [1.82, 2.24) is 19.3 Å². The summed E-state index contributed by atoms with van der Waals surface area (Å²) in [5.74, 6) is -1.19. The minimum Gasteiger partial charge on any atom is -0.503 e. The lowest BCUT2D eigenvalue weighted by molar-refractivity contribution is 0.0632. The number of nitrogens with zero attached hydrogens (tertiary/aromatic N) is 4. The molecule has 1 aliphatic rings. The predicted octanol–water partition coefficient (Wildman–Crippen LogP) is 4.24. The van der Waals surface area contributed by atoms with Gasteiger partial charge in [0, 0.05) is 64.6 Å². The van der Waals surface area contributed by atoms with Crippen LogP contribution in [0.25, 0.3) is 0 Å². The lowest BCUT2D eigenvalue weighted by atomic mass is 10.1. The normalized spacial score (nSPS) is 14.1. The number of hydrogen-bond donors (Lipinski definition) is 2. The smallest absolute Gasteiger partial charge is 0.259 e. The average Bonchev–Trinajstić information content (AvgIpc) is 3.18. The summed E-state index contributed by atoms with van der Waals surface area (Å²) >= 11 is 12.0. The third-order valence-corrected chi connectivity index (χ3v) is 7.36. The molecule has 8 nitrogen and oxygen atoms in total. The molecule has 2 aromatic carbocycles. The van der Waals surface area contributed by atoms with Gasteiger partial charge in [-0.05, 0) is 36.8 Å². The highest BCUT2D eigenvalue weighted by Gasteiger charge is 2.25. The Balaban J connectivity index is 1.32. The van der Waals surface area contributed by atoms with Crippen LogP contribution in [0.15, 0.2) is 48.7 Å². The van der Waals surface area contributed by atoms with Crippen molar-refractivity contribution in [2.75, 3.05) is 39.8 Å². The van der Waals surface area contributed by atoms with E-state index in [-0.39, 0.29) is 23.9 Å². The number of rotatable bonds is 7. The lowest BCUT2D eigenvalue weighted by Gasteiger charge is -2.34. The van der Waals surface area contributed by atoms with E-state index in [0.717, 1.165) is 11.1 Å². The second kappa shape index (κ2) is 11.5. The summed E-state index contributed by atoms with van der Waals surface area (Å²) in [5.41, 5.74) is 2.61. The summed E-state index contributed by atoms with van der Waals surface area (Å²) < 4.78 is 1.47. The van der Waals surface area contributed by atoms with Gasteiger partial charge in [0.1, 0.15) is 5.56 Å². The molecule has 1 aliphatic heterocycles. The van der Waals surface area contributed by atoms with Crippen LogP contribution >= 0.6 is 23.2 Å². The Morgan fingerprint density at radius 1 is 0.946 bits per heavy atom. The second-order valence-electron chi connectivity index (χ2n) is 9.32. The molecular formula is C27H30Cl2N4O4. The fourth-order valence-electron chi connectivity index (χ4n) is 4.35. The van der Waals surface area contributed by atoms with Crippen LogP contribution in [0, 0.1) is 6.92 Å². The molecule has 2 amide bonds. The number of aromatic nitrogens is 1. The van der Waals surface area contributed by atoms with E-state index in [1.54, 1.807) is 25.2 Å². The van der Waals surface area contributed by atoms with E-state index in [0.29, 0.717) is 54.9 Å². The van der Waals surface area contributed by atoms with E-state index in [1.807, 2.05) is 36.1 Å². The van der Waals surface area contributed by atoms with Crippen molar-refractivity contribution in [1.29, 1.82) is 0 Å². The van der Waals surface area contributed by atoms with Crippen molar-refractivity contribution in [2.45, 2.75) is 20.0 Å². The highest BCUT2D eigenvalue weighted by Crippen LogP contribution is 2.32. The first kappa shape index (κ1) is 26.9. The van der Waals surface area contributed by atoms with Gasteiger partial charge in [-0.15, -0.1) is 0 Å². The molecule has 1 aromatic heterocycles. The molecule has 2 heterocycles. The summed E-state index contributed by atoms with van der Waals surface area (Å²) in [5, 5.41) is 21.7. The van der Waals surface area contributed by atoms with Gasteiger partial charge in [0.05, 0.1) is 10.0 Å². The molecule has 0 spiro atoms. The molecule has 1 fully saturated rings. The molecule has 37 heavy (non-hydrogen) atoms. The van der Waals surface area contributed by atoms with Crippen LogP contribution in [0.4, 0.5) is 0 Å². The zero-order valence-corrected chi connectivity index (χ0v) is 22.3. The van der Waals surface area contributed by atoms with E-state index in [9.17, 15) is 19.8 Å². The summed E-state index contributed by atoms with van der Waals surface area (Å²) in [7, 11) is 1.61. The van der Waals surface area contributed by atoms with Crippen molar-refractivity contribution in [3.8, 4) is 11.6 Å². The molecule has 0 bridgehead atoms. The molecule has 1 saturated heterocycles. The molecule has 0 radical (unpaired) electrons. The van der Waals surface area contributed by atoms with E-state index >= 15 is 0 Å². The number of piperazine rings is 1. The van der Waals surface area contributed by atoms with E-state index in [1.165, 1.54) is 15.7 Å². The Labute approximate surface area is 226 Å². The van der Waals surface area contributed by atoms with Gasteiger partial charge in [0.25, 0.3) is 11.8 Å². The van der Waals surface area contributed by atoms with Crippen LogP contribution in [0.2, 0.25) is 10.0 Å². The number of hydrogen-bond acceptors (Lipinski definition) is 5. The first-order valence-electron chi connectivity index (χ1n) is 12.0. The number of aryl methyl sites for hydroxylation is 1. The topological polar surface area (TPSA) is 89.3 Å². The maximum atomic E-state index is 13.0. The molecule has 0 aliphatic carbocycles. The van der Waals surface area contributed by atoms with E-state index in [4.69, 9.17) is 23.2 Å². The Kier molecular flexibility index (Phi) is 8.32. The quantitative estimate of drug-likeness (QED) is 0.464. The van der Waals surface area contributed by atoms with Crippen molar-refractivity contribution in [2.24, 2.45) is 0 Å². The van der Waals surface area contributed by atoms with Crippen molar-refractivity contribution in [3.63, 3.8) is 0 Å². The van der Waals surface area contributed by atoms with Gasteiger partial charge < -0.3 is 24.6 Å². The number of carbonyl (C=O) groups is 2. The number of benzene rings is 2. The first-order valence-corrected chi connectivity index (χ1v) is 12.8. The van der Waals surface area contributed by atoms with E-state index in [2.05, 4.69) is 4.90 Å². The van der Waals surface area contributed by atoms with Crippen molar-refractivity contribution < 1.29 is 19.8 Å². The van der Waals surface area contributed by atoms with Gasteiger partial charge in [-0.1, -0.05) is 47.0 Å². The minimum absolute atomic E-state index is 0.0218. The molecule has 10 heteroatoms. The molecule has 2 N–H and O–H groups in total. The summed E-state index contributed by atoms with van der Waals surface area (Å²) in [4.78, 5) is 31.2. The fraction of sp³-hybridized carbons (Fsp3) is 0.333. The molecular weight excluding hydrogens is 515 g/mol. The third-order valence-electron chi connectivity index (χ3n) is 6.62. The Morgan fingerprint density at radius 2 is 1.62 bits per heavy atom. The maximum absolute atomic E-state index is 13.0. The van der Waals surface area contributed by atoms with Crippen LogP contribution in [0.1, 0.15) is 31.8 Å². The molecule has 196 valence electrons. The van der Waals surface area contributed by atoms with Gasteiger partial charge in [0.2, 0.25) is 5.88 Å². The molecule has 3 aromatic rings. The summed E-state index contributed by atoms with van der Waals surface area (Å²) in [6, 6.07) is 12.7. The highest BCUT2D eigenvalue weighted by atomic mass is 35.5. The molecule has 0 atom stereocenters. The van der Waals surface area contributed by atoms with Gasteiger partial charge in [-0.3, -0.25) is 14.5 Å². The summed E-state index contributed by atoms with van der Waals surface area (Å²) in [6.45, 7) is 5.85. The van der Waals surface area contributed by atoms with E-state index < -0.39 is 11.7 Å². The van der Waals surface area contributed by atoms with Gasteiger partial charge in [-0.25, -0.2) is 0 Å². The van der Waals surface area contributed by atoms with Crippen molar-refractivity contribution in [3.05, 3.63) is 81.0 Å². The Bertz CT molecular complexity index is 1280. The fourth-order valence-corrected chi connectivity index (χ4v) is 4.67. The van der Waals surface area contributed by atoms with Crippen molar-refractivity contribution >= 4 is 35.0 Å². The van der Waals surface area contributed by atoms with Crippen LogP contribution in [-0.4, -0.2) is 81.1 Å². The molecule has 0 saturated carbocycles. The van der Waals surface area contributed by atoms with Crippen LogP contribution in [0.5, 0.6) is 11.6 Å². The van der Waals surface area contributed by atoms with Gasteiger partial charge in [-0.2, -0.15) is 0 Å². The molecule has 0 unspecified atom stereocenters. The first-order chi connectivity index (χ1) is 17.6. The van der Waals surface area contributed by atoms with Crippen LogP contribution in [0.3, 0.4) is 0 Å². The van der Waals surface area contributed by atoms with Gasteiger partial charge >= 0.3 is 0 Å². The maximum Gasteiger partial charge on any atom is 0.259 e. The number of halogens is 2. The molecule has 4 rings (SSSR count). The lowest BCUT2D eigenvalue weighted by Crippen LogP contribution is -2.49. The summed E-state index contributed by atoms with van der Waals surface area (Å²) in [6.07, 6.45) is 1.47. The number of amides is 2. The highest BCUT2D eigenvalue weighted by molar-refractivity contribution is 6.42. The number of carbonyl (C=O) groups excluding carboxylic acids is 2. The van der Waals surface area contributed by atoms with Crippen LogP contribution < -0.4 is 0 Å².